The van der Waals surface area contributed by atoms with Gasteiger partial charge in [-0.2, -0.15) is 4.98 Å². The molecule has 0 N–H and O–H groups in total. The summed E-state index contributed by atoms with van der Waals surface area (Å²) in [6, 6.07) is 9.89. The number of likely N-dealkylation sites (tertiary alicyclic amines) is 1. The molecule has 1 amide bonds. The molecule has 2 aliphatic rings. The minimum Gasteiger partial charge on any atom is -0.372 e. The van der Waals surface area contributed by atoms with Crippen LogP contribution in [-0.4, -0.2) is 70.8 Å². The third-order valence-corrected chi connectivity index (χ3v) is 6.03. The summed E-state index contributed by atoms with van der Waals surface area (Å²) >= 11 is 0. The highest BCUT2D eigenvalue weighted by Crippen LogP contribution is 2.23. The number of nitrogens with zero attached hydrogens (tertiary/aromatic N) is 4. The summed E-state index contributed by atoms with van der Waals surface area (Å²) in [5, 5.41) is 4.09. The Kier molecular flexibility index (Phi) is 6.79. The Balaban J connectivity index is 1.18. The minimum atomic E-state index is 0.130. The van der Waals surface area contributed by atoms with Gasteiger partial charge in [0.25, 0.3) is 0 Å². The summed E-state index contributed by atoms with van der Waals surface area (Å²) < 4.78 is 11.2. The Bertz CT molecular complexity index is 807. The van der Waals surface area contributed by atoms with Crippen LogP contribution < -0.4 is 0 Å². The van der Waals surface area contributed by atoms with Crippen LogP contribution in [-0.2, 0) is 16.0 Å². The van der Waals surface area contributed by atoms with Crippen LogP contribution in [0.5, 0.6) is 0 Å². The molecule has 3 heterocycles. The summed E-state index contributed by atoms with van der Waals surface area (Å²) in [5.74, 6) is 1.81. The number of piperidine rings is 1. The Hall–Kier alpha value is -2.25. The van der Waals surface area contributed by atoms with Crippen LogP contribution in [0.3, 0.4) is 0 Å². The number of ether oxygens (including phenoxy) is 1. The molecule has 2 aliphatic heterocycles. The fourth-order valence-electron chi connectivity index (χ4n) is 4.53. The van der Waals surface area contributed by atoms with Crippen LogP contribution in [0.2, 0.25) is 0 Å². The van der Waals surface area contributed by atoms with E-state index in [9.17, 15) is 4.79 Å². The normalized spacial score (nSPS) is 23.6. The molecule has 0 radical (unpaired) electrons. The Morgan fingerprint density at radius 2 is 1.80 bits per heavy atom. The van der Waals surface area contributed by atoms with Crippen molar-refractivity contribution in [3.05, 3.63) is 36.2 Å². The number of benzene rings is 1. The average Bonchev–Trinajstić information content (AvgIpc) is 3.23. The van der Waals surface area contributed by atoms with Gasteiger partial charge < -0.3 is 19.1 Å². The van der Waals surface area contributed by atoms with E-state index < -0.39 is 0 Å². The quantitative estimate of drug-likeness (QED) is 0.726. The third-order valence-electron chi connectivity index (χ3n) is 6.03. The first-order valence-electron chi connectivity index (χ1n) is 11.1. The molecule has 0 saturated carbocycles. The van der Waals surface area contributed by atoms with Gasteiger partial charge in [-0.1, -0.05) is 35.5 Å². The SMILES string of the molecule is CC1CN(C(=O)C2CCN(CCCc3nc(-c4ccccc4)no3)CC2)CC(C)O1. The zero-order chi connectivity index (χ0) is 20.9. The van der Waals surface area contributed by atoms with Crippen LogP contribution in [0.25, 0.3) is 11.4 Å². The van der Waals surface area contributed by atoms with Gasteiger partial charge in [-0.15, -0.1) is 0 Å². The van der Waals surface area contributed by atoms with Crippen LogP contribution in [0.4, 0.5) is 0 Å². The van der Waals surface area contributed by atoms with Crippen LogP contribution in [0.15, 0.2) is 34.9 Å². The van der Waals surface area contributed by atoms with E-state index in [4.69, 9.17) is 9.26 Å². The lowest BCUT2D eigenvalue weighted by Crippen LogP contribution is -2.51. The fourth-order valence-corrected chi connectivity index (χ4v) is 4.53. The van der Waals surface area contributed by atoms with Crippen molar-refractivity contribution < 1.29 is 14.1 Å². The maximum atomic E-state index is 12.9. The zero-order valence-electron chi connectivity index (χ0n) is 18.0. The zero-order valence-corrected chi connectivity index (χ0v) is 18.0. The largest absolute Gasteiger partial charge is 0.372 e. The van der Waals surface area contributed by atoms with Crippen molar-refractivity contribution >= 4 is 5.91 Å². The maximum Gasteiger partial charge on any atom is 0.227 e. The first-order chi connectivity index (χ1) is 14.6. The van der Waals surface area contributed by atoms with E-state index in [1.807, 2.05) is 49.1 Å². The van der Waals surface area contributed by atoms with Crippen molar-refractivity contribution in [3.63, 3.8) is 0 Å². The summed E-state index contributed by atoms with van der Waals surface area (Å²) in [4.78, 5) is 21.9. The molecule has 7 heteroatoms. The van der Waals surface area contributed by atoms with Gasteiger partial charge >= 0.3 is 0 Å². The molecule has 30 heavy (non-hydrogen) atoms. The third kappa shape index (κ3) is 5.26. The lowest BCUT2D eigenvalue weighted by atomic mass is 9.94. The highest BCUT2D eigenvalue weighted by Gasteiger charge is 2.32. The first kappa shape index (κ1) is 21.0. The first-order valence-corrected chi connectivity index (χ1v) is 11.1. The van der Waals surface area contributed by atoms with E-state index in [2.05, 4.69) is 15.0 Å². The smallest absolute Gasteiger partial charge is 0.227 e. The lowest BCUT2D eigenvalue weighted by Gasteiger charge is -2.39. The van der Waals surface area contributed by atoms with Crippen molar-refractivity contribution in [2.45, 2.75) is 51.7 Å². The van der Waals surface area contributed by atoms with Crippen molar-refractivity contribution in [2.24, 2.45) is 5.92 Å². The van der Waals surface area contributed by atoms with Gasteiger partial charge in [0.15, 0.2) is 0 Å². The predicted molar refractivity (Wildman–Crippen MR) is 114 cm³/mol. The van der Waals surface area contributed by atoms with Crippen LogP contribution in [0, 0.1) is 5.92 Å². The maximum absolute atomic E-state index is 12.9. The number of carbonyl (C=O) groups excluding carboxylic acids is 1. The average molecular weight is 413 g/mol. The molecule has 0 bridgehead atoms. The van der Waals surface area contributed by atoms with E-state index in [1.54, 1.807) is 0 Å². The Morgan fingerprint density at radius 1 is 1.10 bits per heavy atom. The van der Waals surface area contributed by atoms with Gasteiger partial charge in [0.1, 0.15) is 0 Å². The van der Waals surface area contributed by atoms with E-state index in [1.165, 1.54) is 0 Å². The van der Waals surface area contributed by atoms with Crippen molar-refractivity contribution in [1.29, 1.82) is 0 Å². The lowest BCUT2D eigenvalue weighted by molar-refractivity contribution is -0.148. The van der Waals surface area contributed by atoms with Crippen molar-refractivity contribution in [2.75, 3.05) is 32.7 Å². The summed E-state index contributed by atoms with van der Waals surface area (Å²) in [7, 11) is 0. The molecule has 2 atom stereocenters. The molecular weight excluding hydrogens is 380 g/mol. The molecule has 2 saturated heterocycles. The monoisotopic (exact) mass is 412 g/mol. The highest BCUT2D eigenvalue weighted by atomic mass is 16.5. The van der Waals surface area contributed by atoms with E-state index in [-0.39, 0.29) is 18.1 Å². The second-order valence-corrected chi connectivity index (χ2v) is 8.60. The molecule has 0 spiro atoms. The molecule has 2 fully saturated rings. The van der Waals surface area contributed by atoms with Crippen LogP contribution >= 0.6 is 0 Å². The standard InChI is InChI=1S/C23H32N4O3/c1-17-15-27(16-18(2)29-17)23(28)20-10-13-26(14-11-20)12-6-9-21-24-22(25-30-21)19-7-4-3-5-8-19/h3-5,7-8,17-18,20H,6,9-16H2,1-2H3. The molecule has 7 nitrogen and oxygen atoms in total. The van der Waals surface area contributed by atoms with Gasteiger partial charge in [0.2, 0.25) is 17.6 Å². The van der Waals surface area contributed by atoms with Gasteiger partial charge in [0.05, 0.1) is 12.2 Å². The molecule has 4 rings (SSSR count). The van der Waals surface area contributed by atoms with E-state index in [0.717, 1.165) is 64.0 Å². The second-order valence-electron chi connectivity index (χ2n) is 8.60. The fraction of sp³-hybridized carbons (Fsp3) is 0.609. The van der Waals surface area contributed by atoms with Crippen molar-refractivity contribution in [1.82, 2.24) is 19.9 Å². The number of carbonyl (C=O) groups is 1. The Morgan fingerprint density at radius 3 is 2.50 bits per heavy atom. The molecule has 0 aliphatic carbocycles. The number of hydrogen-bond donors (Lipinski definition) is 0. The van der Waals surface area contributed by atoms with E-state index in [0.29, 0.717) is 17.6 Å². The van der Waals surface area contributed by atoms with E-state index >= 15 is 0 Å². The summed E-state index contributed by atoms with van der Waals surface area (Å²) in [5.41, 5.74) is 0.975. The topological polar surface area (TPSA) is 71.7 Å². The molecule has 2 unspecified atom stereocenters. The molecule has 1 aromatic carbocycles. The summed E-state index contributed by atoms with van der Waals surface area (Å²) in [6.07, 6.45) is 3.90. The van der Waals surface area contributed by atoms with Gasteiger partial charge in [-0.25, -0.2) is 0 Å². The minimum absolute atomic E-state index is 0.130. The van der Waals surface area contributed by atoms with Crippen molar-refractivity contribution in [3.8, 4) is 11.4 Å². The molecule has 162 valence electrons. The number of rotatable bonds is 6. The highest BCUT2D eigenvalue weighted by molar-refractivity contribution is 5.79. The second kappa shape index (κ2) is 9.71. The van der Waals surface area contributed by atoms with Gasteiger partial charge in [-0.05, 0) is 52.7 Å². The Labute approximate surface area is 178 Å². The molecule has 2 aromatic rings. The van der Waals surface area contributed by atoms with Gasteiger partial charge in [0, 0.05) is 31.0 Å². The van der Waals surface area contributed by atoms with Crippen LogP contribution in [0.1, 0.15) is 39.0 Å². The number of aryl methyl sites for hydroxylation is 1. The number of morpholine rings is 1. The molecular formula is C23H32N4O3. The number of amides is 1. The van der Waals surface area contributed by atoms with Gasteiger partial charge in [-0.3, -0.25) is 4.79 Å². The summed E-state index contributed by atoms with van der Waals surface area (Å²) in [6.45, 7) is 8.48. The molecule has 1 aromatic heterocycles. The predicted octanol–water partition coefficient (Wildman–Crippen LogP) is 3.02. The number of hydrogen-bond acceptors (Lipinski definition) is 6. The number of aromatic nitrogens is 2.